The molecule has 0 aromatic heterocycles. The van der Waals surface area contributed by atoms with Gasteiger partial charge in [-0.3, -0.25) is 10.1 Å². The quantitative estimate of drug-likeness (QED) is 0.667. The Balaban J connectivity index is 2.17. The molecule has 1 saturated carbocycles. The van der Waals surface area contributed by atoms with Gasteiger partial charge < -0.3 is 0 Å². The number of sulfonamides is 1. The minimum Gasteiger partial charge on any atom is -0.258 e. The summed E-state index contributed by atoms with van der Waals surface area (Å²) in [5.74, 6) is -1.16. The molecule has 8 heteroatoms. The summed E-state index contributed by atoms with van der Waals surface area (Å²) < 4.78 is 39.9. The molecule has 1 aliphatic carbocycles. The molecule has 1 fully saturated rings. The van der Waals surface area contributed by atoms with Gasteiger partial charge in [-0.1, -0.05) is 13.3 Å². The van der Waals surface area contributed by atoms with E-state index in [1.165, 1.54) is 0 Å². The first kappa shape index (κ1) is 14.9. The van der Waals surface area contributed by atoms with Crippen molar-refractivity contribution in [2.45, 2.75) is 31.1 Å². The van der Waals surface area contributed by atoms with E-state index in [1.807, 2.05) is 6.92 Å². The van der Waals surface area contributed by atoms with Crippen molar-refractivity contribution in [2.75, 3.05) is 6.54 Å². The van der Waals surface area contributed by atoms with Crippen LogP contribution in [0.5, 0.6) is 0 Å². The predicted octanol–water partition coefficient (Wildman–Crippen LogP) is 2.20. The number of nitro benzene ring substituents is 1. The molecule has 2 rings (SSSR count). The molecule has 0 unspecified atom stereocenters. The van der Waals surface area contributed by atoms with Crippen LogP contribution in [0.15, 0.2) is 23.1 Å². The second-order valence-electron chi connectivity index (χ2n) is 5.36. The maximum Gasteiger partial charge on any atom is 0.304 e. The van der Waals surface area contributed by atoms with Crippen molar-refractivity contribution in [3.63, 3.8) is 0 Å². The Hall–Kier alpha value is -1.54. The highest BCUT2D eigenvalue weighted by molar-refractivity contribution is 7.89. The van der Waals surface area contributed by atoms with Gasteiger partial charge in [-0.05, 0) is 24.3 Å². The van der Waals surface area contributed by atoms with Crippen LogP contribution in [0.4, 0.5) is 10.1 Å². The van der Waals surface area contributed by atoms with E-state index >= 15 is 0 Å². The minimum atomic E-state index is -3.85. The maximum absolute atomic E-state index is 13.4. The summed E-state index contributed by atoms with van der Waals surface area (Å²) in [4.78, 5) is 9.29. The zero-order valence-corrected chi connectivity index (χ0v) is 11.7. The van der Waals surface area contributed by atoms with E-state index < -0.39 is 26.5 Å². The Morgan fingerprint density at radius 2 is 2.10 bits per heavy atom. The minimum absolute atomic E-state index is 0.0492. The van der Waals surface area contributed by atoms with E-state index in [-0.39, 0.29) is 16.9 Å². The van der Waals surface area contributed by atoms with Gasteiger partial charge in [-0.25, -0.2) is 13.1 Å². The van der Waals surface area contributed by atoms with Crippen molar-refractivity contribution >= 4 is 15.7 Å². The average Bonchev–Trinajstić information content (AvgIpc) is 2.33. The fraction of sp³-hybridized carbons (Fsp3) is 0.500. The first-order valence-electron chi connectivity index (χ1n) is 6.17. The molecule has 1 aromatic carbocycles. The molecule has 0 spiro atoms. The van der Waals surface area contributed by atoms with Crippen LogP contribution < -0.4 is 4.72 Å². The number of halogens is 1. The SMILES string of the molecule is CC1(CNS(=O)(=O)c2ccc([N+](=O)[O-])c(F)c2)CCC1. The summed E-state index contributed by atoms with van der Waals surface area (Å²) >= 11 is 0. The summed E-state index contributed by atoms with van der Waals surface area (Å²) in [7, 11) is -3.85. The normalized spacial score (nSPS) is 17.5. The van der Waals surface area contributed by atoms with Gasteiger partial charge in [0.05, 0.1) is 9.82 Å². The first-order chi connectivity index (χ1) is 9.23. The number of nitro groups is 1. The van der Waals surface area contributed by atoms with Crippen LogP contribution in [-0.4, -0.2) is 19.9 Å². The Bertz CT molecular complexity index is 641. The van der Waals surface area contributed by atoms with Gasteiger partial charge in [0.15, 0.2) is 0 Å². The van der Waals surface area contributed by atoms with Crippen LogP contribution in [-0.2, 0) is 10.0 Å². The van der Waals surface area contributed by atoms with Crippen molar-refractivity contribution < 1.29 is 17.7 Å². The molecule has 6 nitrogen and oxygen atoms in total. The average molecular weight is 302 g/mol. The Morgan fingerprint density at radius 1 is 1.45 bits per heavy atom. The van der Waals surface area contributed by atoms with E-state index in [0.717, 1.165) is 31.4 Å². The lowest BCUT2D eigenvalue weighted by molar-refractivity contribution is -0.387. The predicted molar refractivity (Wildman–Crippen MR) is 70.2 cm³/mol. The van der Waals surface area contributed by atoms with Gasteiger partial charge in [0.2, 0.25) is 15.8 Å². The standard InChI is InChI=1S/C12H15FN2O4S/c1-12(5-2-6-12)8-14-20(18,19)9-3-4-11(15(16)17)10(13)7-9/h3-4,7,14H,2,5-6,8H2,1H3. The zero-order chi connectivity index (χ0) is 15.0. The van der Waals surface area contributed by atoms with Crippen molar-refractivity contribution in [1.29, 1.82) is 0 Å². The molecule has 110 valence electrons. The van der Waals surface area contributed by atoms with E-state index in [9.17, 15) is 22.9 Å². The molecule has 0 saturated heterocycles. The first-order valence-corrected chi connectivity index (χ1v) is 7.65. The van der Waals surface area contributed by atoms with E-state index in [0.29, 0.717) is 6.07 Å². The molecule has 0 radical (unpaired) electrons. The van der Waals surface area contributed by atoms with Crippen LogP contribution in [0, 0.1) is 21.3 Å². The van der Waals surface area contributed by atoms with Crippen molar-refractivity contribution in [2.24, 2.45) is 5.41 Å². The Morgan fingerprint density at radius 3 is 2.55 bits per heavy atom. The summed E-state index contributed by atoms with van der Waals surface area (Å²) in [5.41, 5.74) is -0.790. The molecule has 0 amide bonds. The maximum atomic E-state index is 13.4. The van der Waals surface area contributed by atoms with Gasteiger partial charge in [-0.2, -0.15) is 4.39 Å². The van der Waals surface area contributed by atoms with Gasteiger partial charge >= 0.3 is 5.69 Å². The Labute approximate surface area is 116 Å². The summed E-state index contributed by atoms with van der Waals surface area (Å²) in [6.07, 6.45) is 2.97. The number of nitrogens with one attached hydrogen (secondary N) is 1. The van der Waals surface area contributed by atoms with Gasteiger partial charge in [0.25, 0.3) is 0 Å². The summed E-state index contributed by atoms with van der Waals surface area (Å²) in [6.45, 7) is 2.27. The lowest BCUT2D eigenvalue weighted by atomic mass is 9.71. The number of hydrogen-bond donors (Lipinski definition) is 1. The molecule has 0 aliphatic heterocycles. The molecule has 0 atom stereocenters. The third-order valence-electron chi connectivity index (χ3n) is 3.68. The second kappa shape index (κ2) is 5.10. The van der Waals surface area contributed by atoms with E-state index in [2.05, 4.69) is 4.72 Å². The summed E-state index contributed by atoms with van der Waals surface area (Å²) in [6, 6.07) is 2.56. The van der Waals surface area contributed by atoms with Crippen LogP contribution in [0.2, 0.25) is 0 Å². The topological polar surface area (TPSA) is 89.3 Å². The molecule has 1 N–H and O–H groups in total. The summed E-state index contributed by atoms with van der Waals surface area (Å²) in [5, 5.41) is 10.5. The molecular formula is C12H15FN2O4S. The smallest absolute Gasteiger partial charge is 0.258 e. The van der Waals surface area contributed by atoms with E-state index in [4.69, 9.17) is 0 Å². The second-order valence-corrected chi connectivity index (χ2v) is 7.13. The molecule has 1 aliphatic rings. The van der Waals surface area contributed by atoms with Crippen LogP contribution in [0.25, 0.3) is 0 Å². The molecular weight excluding hydrogens is 287 g/mol. The Kier molecular flexibility index (Phi) is 3.79. The third kappa shape index (κ3) is 2.96. The highest BCUT2D eigenvalue weighted by Crippen LogP contribution is 2.39. The van der Waals surface area contributed by atoms with Gasteiger partial charge in [0.1, 0.15) is 0 Å². The number of benzene rings is 1. The number of rotatable bonds is 5. The highest BCUT2D eigenvalue weighted by atomic mass is 32.2. The third-order valence-corrected chi connectivity index (χ3v) is 5.07. The van der Waals surface area contributed by atoms with Gasteiger partial charge in [-0.15, -0.1) is 0 Å². The van der Waals surface area contributed by atoms with Crippen molar-refractivity contribution in [1.82, 2.24) is 4.72 Å². The zero-order valence-electron chi connectivity index (χ0n) is 10.9. The monoisotopic (exact) mass is 302 g/mol. The number of hydrogen-bond acceptors (Lipinski definition) is 4. The number of nitrogens with zero attached hydrogens (tertiary/aromatic N) is 1. The fourth-order valence-corrected chi connectivity index (χ4v) is 3.32. The fourth-order valence-electron chi connectivity index (χ4n) is 2.11. The molecule has 0 bridgehead atoms. The van der Waals surface area contributed by atoms with Crippen LogP contribution in [0.1, 0.15) is 26.2 Å². The van der Waals surface area contributed by atoms with Crippen LogP contribution in [0.3, 0.4) is 0 Å². The highest BCUT2D eigenvalue weighted by Gasteiger charge is 2.33. The van der Waals surface area contributed by atoms with Crippen molar-refractivity contribution in [3.05, 3.63) is 34.1 Å². The van der Waals surface area contributed by atoms with Gasteiger partial charge in [0, 0.05) is 18.7 Å². The lowest BCUT2D eigenvalue weighted by Gasteiger charge is -2.38. The molecule has 0 heterocycles. The van der Waals surface area contributed by atoms with Crippen LogP contribution >= 0.6 is 0 Å². The lowest BCUT2D eigenvalue weighted by Crippen LogP contribution is -2.39. The molecule has 1 aromatic rings. The van der Waals surface area contributed by atoms with E-state index in [1.54, 1.807) is 0 Å². The molecule has 20 heavy (non-hydrogen) atoms. The largest absolute Gasteiger partial charge is 0.304 e. The van der Waals surface area contributed by atoms with Crippen molar-refractivity contribution in [3.8, 4) is 0 Å².